The molecule has 1 heterocycles. The standard InChI is InChI=1S/C21H24N2O3/c1-4-25-18-11-9-16(10-12-18)14(2)22-21(24)23-15(3)20-13-17-7-5-6-8-19(17)26-20/h5-15H,4H2,1-3H3,(H2,22,23,24)/t14-,15+/m0/s1. The van der Waals surface area contributed by atoms with Crippen LogP contribution in [0.15, 0.2) is 59.0 Å². The summed E-state index contributed by atoms with van der Waals surface area (Å²) in [6.07, 6.45) is 0. The molecule has 2 atom stereocenters. The minimum atomic E-state index is -0.237. The lowest BCUT2D eigenvalue weighted by Gasteiger charge is -2.18. The lowest BCUT2D eigenvalue weighted by atomic mass is 10.1. The molecule has 0 radical (unpaired) electrons. The maximum atomic E-state index is 12.3. The first kappa shape index (κ1) is 17.9. The number of fused-ring (bicyclic) bond motifs is 1. The molecular weight excluding hydrogens is 328 g/mol. The number of hydrogen-bond acceptors (Lipinski definition) is 3. The Bertz CT molecular complexity index is 837. The first-order chi connectivity index (χ1) is 12.6. The Morgan fingerprint density at radius 3 is 2.42 bits per heavy atom. The van der Waals surface area contributed by atoms with Gasteiger partial charge in [0, 0.05) is 5.39 Å². The number of benzene rings is 2. The van der Waals surface area contributed by atoms with Gasteiger partial charge in [0.15, 0.2) is 0 Å². The third-order valence-electron chi connectivity index (χ3n) is 4.26. The summed E-state index contributed by atoms with van der Waals surface area (Å²) in [4.78, 5) is 12.3. The molecule has 26 heavy (non-hydrogen) atoms. The number of carbonyl (C=O) groups excluding carboxylic acids is 1. The number of hydrogen-bond donors (Lipinski definition) is 2. The molecule has 0 saturated carbocycles. The van der Waals surface area contributed by atoms with Crippen LogP contribution in [0.25, 0.3) is 11.0 Å². The van der Waals surface area contributed by atoms with Gasteiger partial charge in [-0.05, 0) is 50.6 Å². The van der Waals surface area contributed by atoms with E-state index in [0.29, 0.717) is 6.61 Å². The van der Waals surface area contributed by atoms with Crippen molar-refractivity contribution in [1.82, 2.24) is 10.6 Å². The third-order valence-corrected chi connectivity index (χ3v) is 4.26. The van der Waals surface area contributed by atoms with Crippen molar-refractivity contribution in [3.8, 4) is 5.75 Å². The molecule has 3 aromatic rings. The van der Waals surface area contributed by atoms with Crippen LogP contribution >= 0.6 is 0 Å². The van der Waals surface area contributed by atoms with E-state index < -0.39 is 0 Å². The molecule has 5 heteroatoms. The van der Waals surface area contributed by atoms with E-state index in [4.69, 9.17) is 9.15 Å². The highest BCUT2D eigenvalue weighted by molar-refractivity contribution is 5.78. The predicted molar refractivity (Wildman–Crippen MR) is 102 cm³/mol. The average Bonchev–Trinajstić information content (AvgIpc) is 3.07. The van der Waals surface area contributed by atoms with Crippen molar-refractivity contribution in [3.05, 3.63) is 65.9 Å². The molecular formula is C21H24N2O3. The van der Waals surface area contributed by atoms with Crippen LogP contribution in [-0.2, 0) is 0 Å². The predicted octanol–water partition coefficient (Wildman–Crippen LogP) is 4.95. The van der Waals surface area contributed by atoms with Crippen molar-refractivity contribution >= 4 is 17.0 Å². The molecule has 0 aliphatic heterocycles. The third kappa shape index (κ3) is 4.17. The van der Waals surface area contributed by atoms with Gasteiger partial charge in [0.1, 0.15) is 17.1 Å². The summed E-state index contributed by atoms with van der Waals surface area (Å²) in [6, 6.07) is 16.9. The number of nitrogens with one attached hydrogen (secondary N) is 2. The molecule has 1 aromatic heterocycles. The van der Waals surface area contributed by atoms with E-state index in [-0.39, 0.29) is 18.1 Å². The van der Waals surface area contributed by atoms with Crippen molar-refractivity contribution in [2.24, 2.45) is 0 Å². The van der Waals surface area contributed by atoms with Crippen LogP contribution < -0.4 is 15.4 Å². The van der Waals surface area contributed by atoms with Gasteiger partial charge in [-0.15, -0.1) is 0 Å². The summed E-state index contributed by atoms with van der Waals surface area (Å²) in [5.41, 5.74) is 1.83. The van der Waals surface area contributed by atoms with Crippen molar-refractivity contribution in [1.29, 1.82) is 0 Å². The zero-order chi connectivity index (χ0) is 18.5. The van der Waals surface area contributed by atoms with Gasteiger partial charge in [0.25, 0.3) is 0 Å². The Balaban J connectivity index is 1.58. The molecule has 136 valence electrons. The summed E-state index contributed by atoms with van der Waals surface area (Å²) in [5.74, 6) is 1.56. The van der Waals surface area contributed by atoms with E-state index in [0.717, 1.165) is 28.0 Å². The second kappa shape index (κ2) is 7.95. The van der Waals surface area contributed by atoms with Crippen molar-refractivity contribution in [2.45, 2.75) is 32.9 Å². The van der Waals surface area contributed by atoms with Crippen molar-refractivity contribution in [2.75, 3.05) is 6.61 Å². The van der Waals surface area contributed by atoms with Crippen LogP contribution in [0.5, 0.6) is 5.75 Å². The van der Waals surface area contributed by atoms with E-state index >= 15 is 0 Å². The molecule has 0 spiro atoms. The van der Waals surface area contributed by atoms with Gasteiger partial charge in [-0.25, -0.2) is 4.79 Å². The zero-order valence-electron chi connectivity index (χ0n) is 15.3. The molecule has 5 nitrogen and oxygen atoms in total. The molecule has 0 saturated heterocycles. The fourth-order valence-electron chi connectivity index (χ4n) is 2.82. The molecule has 0 bridgehead atoms. The smallest absolute Gasteiger partial charge is 0.315 e. The fourth-order valence-corrected chi connectivity index (χ4v) is 2.82. The minimum absolute atomic E-state index is 0.117. The SMILES string of the molecule is CCOc1ccc([C@H](C)NC(=O)N[C@H](C)c2cc3ccccc3o2)cc1. The molecule has 0 fully saturated rings. The van der Waals surface area contributed by atoms with Crippen molar-refractivity contribution in [3.63, 3.8) is 0 Å². The lowest BCUT2D eigenvalue weighted by Crippen LogP contribution is -2.38. The van der Waals surface area contributed by atoms with Gasteiger partial charge in [0.2, 0.25) is 0 Å². The van der Waals surface area contributed by atoms with Crippen LogP contribution in [0.1, 0.15) is 44.2 Å². The summed E-state index contributed by atoms with van der Waals surface area (Å²) < 4.78 is 11.2. The molecule has 0 aliphatic rings. The van der Waals surface area contributed by atoms with Gasteiger partial charge in [0.05, 0.1) is 18.7 Å². The molecule has 2 N–H and O–H groups in total. The van der Waals surface area contributed by atoms with Gasteiger partial charge < -0.3 is 19.8 Å². The number of furan rings is 1. The number of rotatable bonds is 6. The van der Waals surface area contributed by atoms with E-state index in [1.165, 1.54) is 0 Å². The zero-order valence-corrected chi connectivity index (χ0v) is 15.3. The highest BCUT2D eigenvalue weighted by Crippen LogP contribution is 2.23. The molecule has 0 aliphatic carbocycles. The van der Waals surface area contributed by atoms with E-state index in [9.17, 15) is 4.79 Å². The number of amides is 2. The van der Waals surface area contributed by atoms with E-state index in [1.807, 2.05) is 75.4 Å². The average molecular weight is 352 g/mol. The topological polar surface area (TPSA) is 63.5 Å². The highest BCUT2D eigenvalue weighted by Gasteiger charge is 2.16. The molecule has 2 amide bonds. The normalized spacial score (nSPS) is 13.2. The van der Waals surface area contributed by atoms with Crippen molar-refractivity contribution < 1.29 is 13.9 Å². The maximum Gasteiger partial charge on any atom is 0.315 e. The Morgan fingerprint density at radius 2 is 1.73 bits per heavy atom. The second-order valence-electron chi connectivity index (χ2n) is 6.25. The van der Waals surface area contributed by atoms with Crippen LogP contribution in [0, 0.1) is 0 Å². The number of carbonyl (C=O) groups is 1. The van der Waals surface area contributed by atoms with Gasteiger partial charge in [-0.1, -0.05) is 30.3 Å². The van der Waals surface area contributed by atoms with E-state index in [1.54, 1.807) is 0 Å². The Labute approximate surface area is 153 Å². The van der Waals surface area contributed by atoms with Crippen LogP contribution in [0.3, 0.4) is 0 Å². The van der Waals surface area contributed by atoms with Gasteiger partial charge in [-0.3, -0.25) is 0 Å². The van der Waals surface area contributed by atoms with Crippen LogP contribution in [-0.4, -0.2) is 12.6 Å². The van der Waals surface area contributed by atoms with Gasteiger partial charge in [-0.2, -0.15) is 0 Å². The number of urea groups is 1. The Kier molecular flexibility index (Phi) is 5.46. The first-order valence-corrected chi connectivity index (χ1v) is 8.85. The summed E-state index contributed by atoms with van der Waals surface area (Å²) in [7, 11) is 0. The monoisotopic (exact) mass is 352 g/mol. The Morgan fingerprint density at radius 1 is 1.04 bits per heavy atom. The summed E-state index contributed by atoms with van der Waals surface area (Å²) in [6.45, 7) is 6.43. The number of para-hydroxylation sites is 1. The molecule has 2 aromatic carbocycles. The molecule has 3 rings (SSSR count). The second-order valence-corrected chi connectivity index (χ2v) is 6.25. The van der Waals surface area contributed by atoms with Crippen LogP contribution in [0.4, 0.5) is 4.79 Å². The van der Waals surface area contributed by atoms with Crippen LogP contribution in [0.2, 0.25) is 0 Å². The summed E-state index contributed by atoms with van der Waals surface area (Å²) in [5, 5.41) is 6.90. The van der Waals surface area contributed by atoms with Gasteiger partial charge >= 0.3 is 6.03 Å². The molecule has 0 unspecified atom stereocenters. The lowest BCUT2D eigenvalue weighted by molar-refractivity contribution is 0.233. The quantitative estimate of drug-likeness (QED) is 0.659. The maximum absolute atomic E-state index is 12.3. The van der Waals surface area contributed by atoms with E-state index in [2.05, 4.69) is 10.6 Å². The number of ether oxygens (including phenoxy) is 1. The minimum Gasteiger partial charge on any atom is -0.494 e. The summed E-state index contributed by atoms with van der Waals surface area (Å²) >= 11 is 0. The largest absolute Gasteiger partial charge is 0.494 e. The fraction of sp³-hybridized carbons (Fsp3) is 0.286. The Hall–Kier alpha value is -2.95. The first-order valence-electron chi connectivity index (χ1n) is 8.85. The highest BCUT2D eigenvalue weighted by atomic mass is 16.5.